The van der Waals surface area contributed by atoms with Crippen LogP contribution in [-0.4, -0.2) is 28.9 Å². The van der Waals surface area contributed by atoms with Gasteiger partial charge in [-0.3, -0.25) is 4.79 Å². The highest BCUT2D eigenvalue weighted by molar-refractivity contribution is 5.80. The van der Waals surface area contributed by atoms with Gasteiger partial charge in [0.15, 0.2) is 0 Å². The lowest BCUT2D eigenvalue weighted by Crippen LogP contribution is -2.51. The van der Waals surface area contributed by atoms with Gasteiger partial charge >= 0.3 is 0 Å². The molecule has 2 atom stereocenters. The number of carbonyl (C=O) groups is 1. The van der Waals surface area contributed by atoms with E-state index < -0.39 is 0 Å². The van der Waals surface area contributed by atoms with Gasteiger partial charge in [-0.25, -0.2) is 0 Å². The molecule has 0 aromatic carbocycles. The van der Waals surface area contributed by atoms with Crippen LogP contribution >= 0.6 is 0 Å². The van der Waals surface area contributed by atoms with Gasteiger partial charge in [0.2, 0.25) is 5.91 Å². The second-order valence-corrected chi connectivity index (χ2v) is 6.32. The van der Waals surface area contributed by atoms with Crippen LogP contribution in [0.1, 0.15) is 52.9 Å². The summed E-state index contributed by atoms with van der Waals surface area (Å²) < 4.78 is 0. The van der Waals surface area contributed by atoms with Crippen LogP contribution in [0.5, 0.6) is 0 Å². The summed E-state index contributed by atoms with van der Waals surface area (Å²) >= 11 is 0. The van der Waals surface area contributed by atoms with Gasteiger partial charge in [-0.2, -0.15) is 0 Å². The Morgan fingerprint density at radius 1 is 1.33 bits per heavy atom. The van der Waals surface area contributed by atoms with Crippen molar-refractivity contribution in [1.29, 1.82) is 0 Å². The monoisotopic (exact) mass is 252 g/mol. The van der Waals surface area contributed by atoms with E-state index in [0.717, 1.165) is 25.7 Å². The quantitative estimate of drug-likeness (QED) is 0.620. The zero-order valence-electron chi connectivity index (χ0n) is 12.1. The topological polar surface area (TPSA) is 46.3 Å². The van der Waals surface area contributed by atoms with Crippen LogP contribution < -0.4 is 5.73 Å². The number of hydrogen-bond donors (Lipinski definition) is 1. The second-order valence-electron chi connectivity index (χ2n) is 6.32. The van der Waals surface area contributed by atoms with Crippen molar-refractivity contribution in [1.82, 2.24) is 4.90 Å². The third-order valence-corrected chi connectivity index (χ3v) is 3.77. The molecule has 2 N–H and O–H groups in total. The Balaban J connectivity index is 2.83. The highest BCUT2D eigenvalue weighted by atomic mass is 16.2. The molecule has 18 heavy (non-hydrogen) atoms. The zero-order valence-corrected chi connectivity index (χ0v) is 12.1. The van der Waals surface area contributed by atoms with E-state index in [4.69, 9.17) is 5.73 Å². The maximum absolute atomic E-state index is 12.7. The molecule has 0 radical (unpaired) electrons. The molecule has 3 heteroatoms. The first kappa shape index (κ1) is 15.2. The van der Waals surface area contributed by atoms with Gasteiger partial charge in [0, 0.05) is 18.1 Å². The Bertz CT molecular complexity index is 293. The lowest BCUT2D eigenvalue weighted by Gasteiger charge is -2.38. The molecular formula is C15H28N2O. The Kier molecular flexibility index (Phi) is 5.39. The summed E-state index contributed by atoms with van der Waals surface area (Å²) in [7, 11) is 0. The predicted molar refractivity (Wildman–Crippen MR) is 76.2 cm³/mol. The second kappa shape index (κ2) is 6.37. The van der Waals surface area contributed by atoms with E-state index in [1.807, 2.05) is 4.90 Å². The molecule has 2 unspecified atom stereocenters. The number of amides is 1. The number of hydrogen-bond acceptors (Lipinski definition) is 2. The highest BCUT2D eigenvalue weighted by Crippen LogP contribution is 2.26. The normalized spacial score (nSPS) is 25.3. The highest BCUT2D eigenvalue weighted by Gasteiger charge is 2.34. The minimum Gasteiger partial charge on any atom is -0.334 e. The fourth-order valence-corrected chi connectivity index (χ4v) is 2.67. The van der Waals surface area contributed by atoms with Crippen LogP contribution in [-0.2, 0) is 4.79 Å². The summed E-state index contributed by atoms with van der Waals surface area (Å²) in [6, 6.07) is 0.0228. The van der Waals surface area contributed by atoms with Gasteiger partial charge < -0.3 is 10.6 Å². The van der Waals surface area contributed by atoms with Crippen LogP contribution in [0.4, 0.5) is 0 Å². The molecule has 0 aromatic heterocycles. The van der Waals surface area contributed by atoms with Crippen molar-refractivity contribution in [3.8, 4) is 0 Å². The summed E-state index contributed by atoms with van der Waals surface area (Å²) in [4.78, 5) is 14.6. The van der Waals surface area contributed by atoms with Crippen LogP contribution in [0.15, 0.2) is 12.7 Å². The summed E-state index contributed by atoms with van der Waals surface area (Å²) in [5.41, 5.74) is 6.01. The molecule has 104 valence electrons. The molecule has 0 saturated heterocycles. The van der Waals surface area contributed by atoms with E-state index in [2.05, 4.69) is 27.4 Å². The first-order chi connectivity index (χ1) is 8.38. The number of nitrogens with zero attached hydrogens (tertiary/aromatic N) is 1. The molecule has 0 heterocycles. The first-order valence-electron chi connectivity index (χ1n) is 7.06. The van der Waals surface area contributed by atoms with E-state index in [1.54, 1.807) is 6.08 Å². The molecule has 3 nitrogen and oxygen atoms in total. The molecule has 0 spiro atoms. The van der Waals surface area contributed by atoms with E-state index >= 15 is 0 Å². The van der Waals surface area contributed by atoms with Crippen molar-refractivity contribution in [3.05, 3.63) is 12.7 Å². The van der Waals surface area contributed by atoms with E-state index in [0.29, 0.717) is 6.54 Å². The Morgan fingerprint density at radius 2 is 1.94 bits per heavy atom. The average molecular weight is 252 g/mol. The molecule has 0 aliphatic heterocycles. The van der Waals surface area contributed by atoms with Gasteiger partial charge in [0.25, 0.3) is 0 Å². The van der Waals surface area contributed by atoms with Crippen LogP contribution in [0.2, 0.25) is 0 Å². The van der Waals surface area contributed by atoms with Gasteiger partial charge in [-0.15, -0.1) is 6.58 Å². The molecule has 0 bridgehead atoms. The van der Waals surface area contributed by atoms with Crippen LogP contribution in [0, 0.1) is 5.92 Å². The predicted octanol–water partition coefficient (Wildman–Crippen LogP) is 2.71. The number of rotatable bonds is 3. The molecule has 0 aromatic rings. The fraction of sp³-hybridized carbons (Fsp3) is 0.800. The minimum atomic E-state index is -0.169. The third-order valence-electron chi connectivity index (χ3n) is 3.77. The van der Waals surface area contributed by atoms with Gasteiger partial charge in [-0.1, -0.05) is 25.3 Å². The van der Waals surface area contributed by atoms with E-state index in [-0.39, 0.29) is 23.4 Å². The maximum atomic E-state index is 12.7. The van der Waals surface area contributed by atoms with E-state index in [1.165, 1.54) is 6.42 Å². The smallest absolute Gasteiger partial charge is 0.227 e. The minimum absolute atomic E-state index is 0.00771. The molecule has 1 amide bonds. The lowest BCUT2D eigenvalue weighted by atomic mass is 9.92. The average Bonchev–Trinajstić information content (AvgIpc) is 2.48. The van der Waals surface area contributed by atoms with Crippen LogP contribution in [0.25, 0.3) is 0 Å². The Hall–Kier alpha value is -0.830. The molecule has 1 aliphatic carbocycles. The molecule has 1 fully saturated rings. The standard InChI is InChI=1S/C15H28N2O/c1-5-11-17(15(2,3)4)14(18)12-9-7-6-8-10-13(12)16/h5,12-13H,1,6-11,16H2,2-4H3. The number of nitrogens with two attached hydrogens (primary N) is 1. The molecular weight excluding hydrogens is 224 g/mol. The van der Waals surface area contributed by atoms with Crippen molar-refractivity contribution >= 4 is 5.91 Å². The molecule has 1 saturated carbocycles. The number of carbonyl (C=O) groups excluding carboxylic acids is 1. The van der Waals surface area contributed by atoms with Crippen LogP contribution in [0.3, 0.4) is 0 Å². The largest absolute Gasteiger partial charge is 0.334 e. The van der Waals surface area contributed by atoms with Gasteiger partial charge in [0.1, 0.15) is 0 Å². The third kappa shape index (κ3) is 3.84. The van der Waals surface area contributed by atoms with Crippen molar-refractivity contribution in [2.45, 2.75) is 64.5 Å². The Labute approximate surface area is 111 Å². The zero-order chi connectivity index (χ0) is 13.8. The lowest BCUT2D eigenvalue weighted by molar-refractivity contribution is -0.140. The van der Waals surface area contributed by atoms with Crippen molar-refractivity contribution in [2.24, 2.45) is 11.7 Å². The Morgan fingerprint density at radius 3 is 2.50 bits per heavy atom. The van der Waals surface area contributed by atoms with Gasteiger partial charge in [0.05, 0.1) is 5.92 Å². The van der Waals surface area contributed by atoms with Crippen molar-refractivity contribution in [2.75, 3.05) is 6.54 Å². The molecule has 1 aliphatic rings. The maximum Gasteiger partial charge on any atom is 0.227 e. The summed E-state index contributed by atoms with van der Waals surface area (Å²) in [6.07, 6.45) is 7.18. The summed E-state index contributed by atoms with van der Waals surface area (Å²) in [6.45, 7) is 10.6. The first-order valence-corrected chi connectivity index (χ1v) is 7.06. The fourth-order valence-electron chi connectivity index (χ4n) is 2.67. The van der Waals surface area contributed by atoms with Gasteiger partial charge in [-0.05, 0) is 33.6 Å². The van der Waals surface area contributed by atoms with Crippen molar-refractivity contribution in [3.63, 3.8) is 0 Å². The molecule has 1 rings (SSSR count). The summed E-state index contributed by atoms with van der Waals surface area (Å²) in [5.74, 6) is 0.198. The van der Waals surface area contributed by atoms with E-state index in [9.17, 15) is 4.79 Å². The summed E-state index contributed by atoms with van der Waals surface area (Å²) in [5, 5.41) is 0. The van der Waals surface area contributed by atoms with Crippen molar-refractivity contribution < 1.29 is 4.79 Å². The SMILES string of the molecule is C=CCN(C(=O)C1CCCCCC1N)C(C)(C)C.